The maximum absolute atomic E-state index is 12.9. The SMILES string of the molecule is Cc1cc(/C=C2\C(=O)NC(=O)N(Cc3ccco3)C2=O)c(C)n1C[C@H]1CCCO1. The number of carbonyl (C=O) groups is 3. The van der Waals surface area contributed by atoms with Crippen molar-refractivity contribution in [2.45, 2.75) is 45.9 Å². The Hall–Kier alpha value is -3.13. The number of imide groups is 2. The maximum atomic E-state index is 12.9. The predicted molar refractivity (Wildman–Crippen MR) is 104 cm³/mol. The minimum absolute atomic E-state index is 0.0413. The van der Waals surface area contributed by atoms with E-state index in [1.165, 1.54) is 6.26 Å². The Labute approximate surface area is 168 Å². The molecule has 1 N–H and O–H groups in total. The van der Waals surface area contributed by atoms with Crippen molar-refractivity contribution in [1.82, 2.24) is 14.8 Å². The van der Waals surface area contributed by atoms with Crippen molar-refractivity contribution in [1.29, 1.82) is 0 Å². The minimum Gasteiger partial charge on any atom is -0.467 e. The van der Waals surface area contributed by atoms with E-state index in [0.717, 1.165) is 47.8 Å². The van der Waals surface area contributed by atoms with Crippen molar-refractivity contribution in [3.05, 3.63) is 52.7 Å². The van der Waals surface area contributed by atoms with Crippen LogP contribution in [0.1, 0.15) is 35.6 Å². The van der Waals surface area contributed by atoms with Gasteiger partial charge in [-0.1, -0.05) is 0 Å². The van der Waals surface area contributed by atoms with Crippen LogP contribution in [0.25, 0.3) is 6.08 Å². The number of furan rings is 1. The number of nitrogens with zero attached hydrogens (tertiary/aromatic N) is 2. The lowest BCUT2D eigenvalue weighted by Gasteiger charge is -2.25. The van der Waals surface area contributed by atoms with E-state index in [-0.39, 0.29) is 18.2 Å². The molecule has 152 valence electrons. The summed E-state index contributed by atoms with van der Waals surface area (Å²) in [5, 5.41) is 2.23. The molecule has 2 aliphatic heterocycles. The van der Waals surface area contributed by atoms with Gasteiger partial charge in [-0.2, -0.15) is 0 Å². The molecule has 0 radical (unpaired) electrons. The number of aromatic nitrogens is 1. The van der Waals surface area contributed by atoms with E-state index < -0.39 is 17.8 Å². The number of rotatable bonds is 5. The standard InChI is InChI=1S/C21H23N3O5/c1-13-9-15(14(2)23(13)11-16-5-3-7-28-16)10-18-19(25)22-21(27)24(20(18)26)12-17-6-4-8-29-17/h4,6,8-10,16H,3,5,7,11-12H2,1-2H3,(H,22,25,27)/b18-10+/t16-/m1/s1. The van der Waals surface area contributed by atoms with Crippen LogP contribution in [0.5, 0.6) is 0 Å². The molecule has 2 aliphatic rings. The molecule has 2 aromatic rings. The molecule has 0 saturated carbocycles. The Balaban J connectivity index is 1.61. The predicted octanol–water partition coefficient (Wildman–Crippen LogP) is 2.54. The van der Waals surface area contributed by atoms with Gasteiger partial charge in [0, 0.05) is 24.5 Å². The van der Waals surface area contributed by atoms with Crippen LogP contribution in [0, 0.1) is 13.8 Å². The van der Waals surface area contributed by atoms with Gasteiger partial charge in [-0.05, 0) is 56.5 Å². The minimum atomic E-state index is -0.752. The van der Waals surface area contributed by atoms with Crippen LogP contribution in [0.4, 0.5) is 4.79 Å². The number of nitrogens with one attached hydrogen (secondary N) is 1. The smallest absolute Gasteiger partial charge is 0.331 e. The van der Waals surface area contributed by atoms with Crippen molar-refractivity contribution in [2.75, 3.05) is 6.61 Å². The molecule has 29 heavy (non-hydrogen) atoms. The summed E-state index contributed by atoms with van der Waals surface area (Å²) < 4.78 is 13.1. The van der Waals surface area contributed by atoms with Crippen LogP contribution in [0.2, 0.25) is 0 Å². The van der Waals surface area contributed by atoms with E-state index in [0.29, 0.717) is 5.76 Å². The van der Waals surface area contributed by atoms with E-state index in [4.69, 9.17) is 9.15 Å². The van der Waals surface area contributed by atoms with E-state index in [9.17, 15) is 14.4 Å². The molecule has 2 saturated heterocycles. The molecule has 0 unspecified atom stereocenters. The molecule has 2 aromatic heterocycles. The second-order valence-electron chi connectivity index (χ2n) is 7.36. The number of ether oxygens (including phenoxy) is 1. The summed E-state index contributed by atoms with van der Waals surface area (Å²) in [7, 11) is 0. The van der Waals surface area contributed by atoms with E-state index >= 15 is 0 Å². The van der Waals surface area contributed by atoms with Crippen LogP contribution >= 0.6 is 0 Å². The summed E-state index contributed by atoms with van der Waals surface area (Å²) >= 11 is 0. The number of amides is 4. The molecular formula is C21H23N3O5. The molecule has 0 bridgehead atoms. The summed E-state index contributed by atoms with van der Waals surface area (Å²) in [4.78, 5) is 38.3. The lowest BCUT2D eigenvalue weighted by atomic mass is 10.1. The molecule has 8 heteroatoms. The molecule has 4 amide bonds. The molecule has 0 spiro atoms. The van der Waals surface area contributed by atoms with Gasteiger partial charge in [0.05, 0.1) is 18.9 Å². The lowest BCUT2D eigenvalue weighted by molar-refractivity contribution is -0.130. The highest BCUT2D eigenvalue weighted by atomic mass is 16.5. The average molecular weight is 397 g/mol. The van der Waals surface area contributed by atoms with E-state index in [1.807, 2.05) is 19.9 Å². The molecule has 8 nitrogen and oxygen atoms in total. The topological polar surface area (TPSA) is 93.8 Å². The lowest BCUT2D eigenvalue weighted by Crippen LogP contribution is -2.53. The third-order valence-corrected chi connectivity index (χ3v) is 5.40. The van der Waals surface area contributed by atoms with Gasteiger partial charge in [-0.15, -0.1) is 0 Å². The highest BCUT2D eigenvalue weighted by Crippen LogP contribution is 2.24. The number of aryl methyl sites for hydroxylation is 1. The Morgan fingerprint density at radius 1 is 1.28 bits per heavy atom. The summed E-state index contributed by atoms with van der Waals surface area (Å²) in [6.45, 7) is 5.42. The fourth-order valence-corrected chi connectivity index (χ4v) is 3.80. The number of barbiturate groups is 1. The molecular weight excluding hydrogens is 374 g/mol. The number of hydrogen-bond acceptors (Lipinski definition) is 5. The summed E-state index contributed by atoms with van der Waals surface area (Å²) in [5.41, 5.74) is 2.66. The van der Waals surface area contributed by atoms with Gasteiger partial charge < -0.3 is 13.7 Å². The largest absolute Gasteiger partial charge is 0.467 e. The van der Waals surface area contributed by atoms with Crippen molar-refractivity contribution in [3.8, 4) is 0 Å². The number of hydrogen-bond donors (Lipinski definition) is 1. The Bertz CT molecular complexity index is 980. The fourth-order valence-electron chi connectivity index (χ4n) is 3.80. The van der Waals surface area contributed by atoms with E-state index in [1.54, 1.807) is 18.2 Å². The van der Waals surface area contributed by atoms with Gasteiger partial charge in [0.1, 0.15) is 11.3 Å². The van der Waals surface area contributed by atoms with Crippen LogP contribution < -0.4 is 5.32 Å². The van der Waals surface area contributed by atoms with Crippen molar-refractivity contribution >= 4 is 23.9 Å². The monoisotopic (exact) mass is 397 g/mol. The summed E-state index contributed by atoms with van der Waals surface area (Å²) in [5.74, 6) is -0.879. The van der Waals surface area contributed by atoms with Gasteiger partial charge >= 0.3 is 6.03 Å². The molecule has 1 atom stereocenters. The average Bonchev–Trinajstić information content (AvgIpc) is 3.42. The molecule has 4 rings (SSSR count). The van der Waals surface area contributed by atoms with Gasteiger partial charge in [0.15, 0.2) is 0 Å². The first-order chi connectivity index (χ1) is 13.9. The number of urea groups is 1. The zero-order valence-corrected chi connectivity index (χ0v) is 16.4. The van der Waals surface area contributed by atoms with Gasteiger partial charge in [0.2, 0.25) is 0 Å². The second kappa shape index (κ2) is 7.71. The molecule has 4 heterocycles. The first kappa shape index (κ1) is 19.2. The van der Waals surface area contributed by atoms with E-state index in [2.05, 4.69) is 9.88 Å². The maximum Gasteiger partial charge on any atom is 0.331 e. The zero-order valence-electron chi connectivity index (χ0n) is 16.4. The van der Waals surface area contributed by atoms with Gasteiger partial charge in [-0.25, -0.2) is 4.79 Å². The van der Waals surface area contributed by atoms with Crippen molar-refractivity contribution < 1.29 is 23.5 Å². The quantitative estimate of drug-likeness (QED) is 0.618. The Kier molecular flexibility index (Phi) is 5.10. The zero-order chi connectivity index (χ0) is 20.5. The van der Waals surface area contributed by atoms with Crippen molar-refractivity contribution in [2.24, 2.45) is 0 Å². The number of carbonyl (C=O) groups excluding carboxylic acids is 3. The first-order valence-corrected chi connectivity index (χ1v) is 9.63. The fraction of sp³-hybridized carbons (Fsp3) is 0.381. The highest BCUT2D eigenvalue weighted by molar-refractivity contribution is 6.31. The molecule has 2 fully saturated rings. The van der Waals surface area contributed by atoms with Gasteiger partial charge in [-0.3, -0.25) is 19.8 Å². The third-order valence-electron chi connectivity index (χ3n) is 5.40. The van der Waals surface area contributed by atoms with Crippen LogP contribution in [0.15, 0.2) is 34.5 Å². The summed E-state index contributed by atoms with van der Waals surface area (Å²) in [6, 6.07) is 4.52. The molecule has 0 aliphatic carbocycles. The highest BCUT2D eigenvalue weighted by Gasteiger charge is 2.36. The molecule has 0 aromatic carbocycles. The third kappa shape index (κ3) is 3.75. The van der Waals surface area contributed by atoms with Crippen LogP contribution in [-0.2, 0) is 27.4 Å². The van der Waals surface area contributed by atoms with Crippen LogP contribution in [0.3, 0.4) is 0 Å². The first-order valence-electron chi connectivity index (χ1n) is 9.63. The van der Waals surface area contributed by atoms with Crippen molar-refractivity contribution in [3.63, 3.8) is 0 Å². The van der Waals surface area contributed by atoms with Gasteiger partial charge in [0.25, 0.3) is 11.8 Å². The summed E-state index contributed by atoms with van der Waals surface area (Å²) in [6.07, 6.45) is 5.29. The second-order valence-corrected chi connectivity index (χ2v) is 7.36. The Morgan fingerprint density at radius 3 is 2.79 bits per heavy atom. The van der Waals surface area contributed by atoms with Crippen LogP contribution in [-0.4, -0.2) is 40.0 Å². The normalized spacial score (nSPS) is 21.3. The Morgan fingerprint density at radius 2 is 2.10 bits per heavy atom.